The van der Waals surface area contributed by atoms with Gasteiger partial charge in [0.2, 0.25) is 10.0 Å². The molecule has 1 aliphatic rings. The molecule has 0 bridgehead atoms. The molecule has 1 aliphatic heterocycles. The van der Waals surface area contributed by atoms with Gasteiger partial charge >= 0.3 is 0 Å². The second-order valence-electron chi connectivity index (χ2n) is 6.37. The van der Waals surface area contributed by atoms with E-state index in [-0.39, 0.29) is 10.6 Å². The SMILES string of the molecule is COc1ccccc1C[NH+]1CCN(S(=O)(=O)c2ccccc2[N+](=O)[O-])CC1. The first kappa shape index (κ1) is 19.3. The Bertz CT molecular complexity index is 924. The molecule has 9 heteroatoms. The van der Waals surface area contributed by atoms with Crippen molar-refractivity contribution in [2.24, 2.45) is 0 Å². The fourth-order valence-electron chi connectivity index (χ4n) is 3.30. The molecule has 0 atom stereocenters. The van der Waals surface area contributed by atoms with Crippen LogP contribution in [0.1, 0.15) is 5.56 Å². The minimum Gasteiger partial charge on any atom is -0.496 e. The molecule has 8 nitrogen and oxygen atoms in total. The summed E-state index contributed by atoms with van der Waals surface area (Å²) >= 11 is 0. The summed E-state index contributed by atoms with van der Waals surface area (Å²) in [4.78, 5) is 11.5. The normalized spacial score (nSPS) is 16.2. The summed E-state index contributed by atoms with van der Waals surface area (Å²) in [6.45, 7) is 2.62. The Kier molecular flexibility index (Phi) is 5.73. The third-order valence-electron chi connectivity index (χ3n) is 4.74. The van der Waals surface area contributed by atoms with Gasteiger partial charge in [-0.2, -0.15) is 4.31 Å². The Morgan fingerprint density at radius 2 is 1.74 bits per heavy atom. The maximum atomic E-state index is 12.9. The van der Waals surface area contributed by atoms with Crippen molar-refractivity contribution in [1.29, 1.82) is 0 Å². The molecule has 0 aliphatic carbocycles. The number of rotatable bonds is 6. The van der Waals surface area contributed by atoms with Gasteiger partial charge in [0.05, 0.1) is 38.2 Å². The summed E-state index contributed by atoms with van der Waals surface area (Å²) < 4.78 is 32.4. The second-order valence-corrected chi connectivity index (χ2v) is 8.27. The molecule has 144 valence electrons. The van der Waals surface area contributed by atoms with Crippen molar-refractivity contribution in [3.8, 4) is 5.75 Å². The van der Waals surface area contributed by atoms with Gasteiger partial charge in [-0.1, -0.05) is 24.3 Å². The molecule has 1 fully saturated rings. The van der Waals surface area contributed by atoms with E-state index in [1.807, 2.05) is 24.3 Å². The number of quaternary nitrogens is 1. The number of ether oxygens (including phenoxy) is 1. The average Bonchev–Trinajstić information content (AvgIpc) is 2.69. The van der Waals surface area contributed by atoms with E-state index in [1.165, 1.54) is 33.5 Å². The molecule has 0 amide bonds. The van der Waals surface area contributed by atoms with Gasteiger partial charge in [-0.3, -0.25) is 10.1 Å². The lowest BCUT2D eigenvalue weighted by Crippen LogP contribution is -3.13. The van der Waals surface area contributed by atoms with E-state index in [1.54, 1.807) is 7.11 Å². The molecular formula is C18H22N3O5S+. The highest BCUT2D eigenvalue weighted by atomic mass is 32.2. The van der Waals surface area contributed by atoms with E-state index in [9.17, 15) is 18.5 Å². The maximum Gasteiger partial charge on any atom is 0.289 e. The number of nitrogens with zero attached hydrogens (tertiary/aromatic N) is 2. The largest absolute Gasteiger partial charge is 0.496 e. The monoisotopic (exact) mass is 392 g/mol. The zero-order valence-corrected chi connectivity index (χ0v) is 15.8. The van der Waals surface area contributed by atoms with Crippen molar-refractivity contribution >= 4 is 15.7 Å². The number of piperazine rings is 1. The molecule has 0 spiro atoms. The lowest BCUT2D eigenvalue weighted by Gasteiger charge is -2.31. The Morgan fingerprint density at radius 1 is 1.11 bits per heavy atom. The predicted octanol–water partition coefficient (Wildman–Crippen LogP) is 0.693. The van der Waals surface area contributed by atoms with Gasteiger partial charge in [-0.15, -0.1) is 0 Å². The number of nitrogens with one attached hydrogen (secondary N) is 1. The number of methoxy groups -OCH3 is 1. The molecule has 1 N–H and O–H groups in total. The molecular weight excluding hydrogens is 370 g/mol. The Labute approximate surface area is 158 Å². The summed E-state index contributed by atoms with van der Waals surface area (Å²) in [5, 5.41) is 11.2. The molecule has 0 saturated carbocycles. The fourth-order valence-corrected chi connectivity index (χ4v) is 4.90. The number of hydrogen-bond acceptors (Lipinski definition) is 5. The van der Waals surface area contributed by atoms with E-state index in [0.29, 0.717) is 26.2 Å². The van der Waals surface area contributed by atoms with Gasteiger partial charge in [-0.05, 0) is 18.2 Å². The van der Waals surface area contributed by atoms with Crippen LogP contribution in [0, 0.1) is 10.1 Å². The Morgan fingerprint density at radius 3 is 2.41 bits per heavy atom. The number of nitro groups is 1. The minimum absolute atomic E-state index is 0.247. The van der Waals surface area contributed by atoms with Crippen LogP contribution in [-0.4, -0.2) is 50.9 Å². The Balaban J connectivity index is 1.71. The van der Waals surface area contributed by atoms with Gasteiger partial charge in [0, 0.05) is 11.6 Å². The first-order chi connectivity index (χ1) is 12.9. The van der Waals surface area contributed by atoms with Crippen LogP contribution in [0.2, 0.25) is 0 Å². The van der Waals surface area contributed by atoms with Crippen LogP contribution in [-0.2, 0) is 16.6 Å². The van der Waals surface area contributed by atoms with E-state index in [0.717, 1.165) is 17.9 Å². The first-order valence-electron chi connectivity index (χ1n) is 8.62. The third-order valence-corrected chi connectivity index (χ3v) is 6.69. The van der Waals surface area contributed by atoms with Crippen molar-refractivity contribution in [2.75, 3.05) is 33.3 Å². The molecule has 27 heavy (non-hydrogen) atoms. The van der Waals surface area contributed by atoms with Crippen LogP contribution in [0.25, 0.3) is 0 Å². The van der Waals surface area contributed by atoms with Crippen molar-refractivity contribution in [2.45, 2.75) is 11.4 Å². The van der Waals surface area contributed by atoms with E-state index in [4.69, 9.17) is 4.74 Å². The van der Waals surface area contributed by atoms with Crippen LogP contribution < -0.4 is 9.64 Å². The maximum absolute atomic E-state index is 12.9. The lowest BCUT2D eigenvalue weighted by atomic mass is 10.2. The number of hydrogen-bond donors (Lipinski definition) is 1. The smallest absolute Gasteiger partial charge is 0.289 e. The highest BCUT2D eigenvalue weighted by Crippen LogP contribution is 2.26. The summed E-state index contributed by atoms with van der Waals surface area (Å²) in [5.41, 5.74) is 0.686. The number of benzene rings is 2. The van der Waals surface area contributed by atoms with Crippen LogP contribution in [0.15, 0.2) is 53.4 Å². The molecule has 0 unspecified atom stereocenters. The molecule has 0 aromatic heterocycles. The number of nitro benzene ring substituents is 1. The van der Waals surface area contributed by atoms with Gasteiger partial charge in [0.1, 0.15) is 12.3 Å². The molecule has 0 radical (unpaired) electrons. The number of para-hydroxylation sites is 2. The molecule has 2 aromatic carbocycles. The number of sulfonamides is 1. The lowest BCUT2D eigenvalue weighted by molar-refractivity contribution is -0.917. The Hall–Kier alpha value is -2.49. The van der Waals surface area contributed by atoms with Crippen molar-refractivity contribution in [1.82, 2.24) is 4.31 Å². The predicted molar refractivity (Wildman–Crippen MR) is 99.2 cm³/mol. The fraction of sp³-hybridized carbons (Fsp3) is 0.333. The quantitative estimate of drug-likeness (QED) is 0.577. The van der Waals surface area contributed by atoms with Gasteiger partial charge in [0.25, 0.3) is 5.69 Å². The zero-order chi connectivity index (χ0) is 19.4. The third kappa shape index (κ3) is 4.10. The van der Waals surface area contributed by atoms with E-state index in [2.05, 4.69) is 0 Å². The van der Waals surface area contributed by atoms with Crippen LogP contribution in [0.4, 0.5) is 5.69 Å². The second kappa shape index (κ2) is 8.03. The van der Waals surface area contributed by atoms with Gasteiger partial charge < -0.3 is 9.64 Å². The summed E-state index contributed by atoms with van der Waals surface area (Å²) in [6.07, 6.45) is 0. The first-order valence-corrected chi connectivity index (χ1v) is 10.1. The van der Waals surface area contributed by atoms with Crippen LogP contribution >= 0.6 is 0 Å². The van der Waals surface area contributed by atoms with E-state index < -0.39 is 14.9 Å². The highest BCUT2D eigenvalue weighted by molar-refractivity contribution is 7.89. The van der Waals surface area contributed by atoms with E-state index >= 15 is 0 Å². The molecule has 1 saturated heterocycles. The van der Waals surface area contributed by atoms with Gasteiger partial charge in [0.15, 0.2) is 4.90 Å². The summed E-state index contributed by atoms with van der Waals surface area (Å²) in [6, 6.07) is 13.3. The van der Waals surface area contributed by atoms with Crippen molar-refractivity contribution in [3.05, 3.63) is 64.2 Å². The van der Waals surface area contributed by atoms with Crippen molar-refractivity contribution in [3.63, 3.8) is 0 Å². The summed E-state index contributed by atoms with van der Waals surface area (Å²) in [7, 11) is -2.26. The molecule has 2 aromatic rings. The topological polar surface area (TPSA) is 94.2 Å². The van der Waals surface area contributed by atoms with Crippen molar-refractivity contribution < 1.29 is 23.0 Å². The molecule has 1 heterocycles. The van der Waals surface area contributed by atoms with Gasteiger partial charge in [-0.25, -0.2) is 8.42 Å². The van der Waals surface area contributed by atoms with Crippen LogP contribution in [0.3, 0.4) is 0 Å². The average molecular weight is 392 g/mol. The molecule has 3 rings (SSSR count). The summed E-state index contributed by atoms with van der Waals surface area (Å²) in [5.74, 6) is 0.819. The minimum atomic E-state index is -3.89. The highest BCUT2D eigenvalue weighted by Gasteiger charge is 2.34. The standard InChI is InChI=1S/C18H21N3O5S/c1-26-17-8-4-2-6-15(17)14-19-10-12-20(13-11-19)27(24,25)18-9-5-3-7-16(18)21(22)23/h2-9H,10-14H2,1H3/p+1. The van der Waals surface area contributed by atoms with Crippen LogP contribution in [0.5, 0.6) is 5.75 Å². The zero-order valence-electron chi connectivity index (χ0n) is 15.0.